The number of morpholine rings is 1. The van der Waals surface area contributed by atoms with Crippen molar-refractivity contribution in [1.29, 1.82) is 0 Å². The second-order valence-electron chi connectivity index (χ2n) is 6.10. The summed E-state index contributed by atoms with van der Waals surface area (Å²) in [5.41, 5.74) is 8.27. The summed E-state index contributed by atoms with van der Waals surface area (Å²) in [5, 5.41) is 0. The molecule has 1 aromatic rings. The van der Waals surface area contributed by atoms with Gasteiger partial charge < -0.3 is 26.6 Å². The molecule has 1 heterocycles. The number of benzene rings is 1. The van der Waals surface area contributed by atoms with Crippen molar-refractivity contribution >= 4 is 17.5 Å². The summed E-state index contributed by atoms with van der Waals surface area (Å²) in [5.74, 6) is 0. The Balaban J connectivity index is 0.00000158. The molecule has 2 rings (SSSR count). The van der Waals surface area contributed by atoms with Crippen LogP contribution in [0.2, 0.25) is 0 Å². The van der Waals surface area contributed by atoms with E-state index in [9.17, 15) is 0 Å². The zero-order valence-electron chi connectivity index (χ0n) is 16.2. The maximum atomic E-state index is 7.25. The predicted octanol–water partition coefficient (Wildman–Crippen LogP) is 1.27. The second-order valence-corrected chi connectivity index (χ2v) is 7.29. The number of para-hydroxylation sites is 1. The minimum absolute atomic E-state index is 0. The molecule has 3 atom stereocenters. The molecule has 27 heavy (non-hydrogen) atoms. The van der Waals surface area contributed by atoms with E-state index in [1.807, 2.05) is 30.3 Å². The summed E-state index contributed by atoms with van der Waals surface area (Å²) < 4.78 is 20.5. The van der Waals surface area contributed by atoms with Crippen LogP contribution < -0.4 is 19.9 Å². The molecule has 0 spiro atoms. The van der Waals surface area contributed by atoms with Crippen molar-refractivity contribution in [2.75, 3.05) is 26.4 Å². The number of halogens is 2. The molecular formula is C18H29Cl2N3O3Zn. The van der Waals surface area contributed by atoms with Gasteiger partial charge in [0, 0.05) is 18.7 Å². The maximum absolute atomic E-state index is 7.25. The standard InChI is InChI=1S/C18H29ClNO3.ClH.N2.Zn/c1-3-5-12-21-17-15-23-18(22-13-6-4-2)14-20(17,19)16-10-8-7-9-11-16;;1-2;/h7-11,17-18H,3-6,12-15H2,1-2H3;1H;;/q+1;;;/p-1. The Morgan fingerprint density at radius 2 is 1.74 bits per heavy atom. The van der Waals surface area contributed by atoms with Gasteiger partial charge in [0.15, 0.2) is 24.0 Å². The first-order valence-electron chi connectivity index (χ1n) is 9.20. The normalized spacial score (nSPS) is 24.2. The number of rotatable bonds is 9. The fourth-order valence-corrected chi connectivity index (χ4v) is 2.97. The quantitative estimate of drug-likeness (QED) is 0.179. The Bertz CT molecular complexity index is 536. The number of hydrogen-bond donors (Lipinski definition) is 0. The van der Waals surface area contributed by atoms with Gasteiger partial charge >= 0.3 is 27.1 Å². The van der Waals surface area contributed by atoms with Crippen LogP contribution in [0.25, 0.3) is 5.53 Å². The third-order valence-electron chi connectivity index (χ3n) is 4.09. The molecule has 6 nitrogen and oxygen atoms in total. The first kappa shape index (κ1) is 26.8. The van der Waals surface area contributed by atoms with Gasteiger partial charge in [0.2, 0.25) is 12.5 Å². The minimum atomic E-state index is -0.287. The Morgan fingerprint density at radius 1 is 1.19 bits per heavy atom. The predicted molar refractivity (Wildman–Crippen MR) is 99.7 cm³/mol. The van der Waals surface area contributed by atoms with Gasteiger partial charge in [-0.15, -0.1) is 0 Å². The molecule has 9 heteroatoms. The van der Waals surface area contributed by atoms with Crippen molar-refractivity contribution in [3.8, 4) is 0 Å². The van der Waals surface area contributed by atoms with Crippen molar-refractivity contribution in [2.45, 2.75) is 52.0 Å². The number of quaternary nitrogens is 1. The number of unbranched alkanes of at least 4 members (excludes halogenated alkanes) is 2. The van der Waals surface area contributed by atoms with Crippen LogP contribution >= 0.6 is 11.8 Å². The zero-order valence-corrected chi connectivity index (χ0v) is 20.7. The van der Waals surface area contributed by atoms with Gasteiger partial charge in [-0.05, 0) is 12.8 Å². The summed E-state index contributed by atoms with van der Waals surface area (Å²) in [4.78, 5) is 0. The van der Waals surface area contributed by atoms with Crippen LogP contribution in [0.3, 0.4) is 0 Å². The van der Waals surface area contributed by atoms with E-state index >= 15 is 0 Å². The van der Waals surface area contributed by atoms with Crippen LogP contribution in [0.4, 0.5) is 5.69 Å². The molecule has 0 N–H and O–H groups in total. The molecule has 1 aliphatic rings. The SMILES string of the molecule is CCCCOC1C[N+](Cl)(c2ccccc2)C(OCCCC)CO1.[Cl-].[N-]=[N+]=[Zn]. The summed E-state index contributed by atoms with van der Waals surface area (Å²) >= 11 is 7.63. The van der Waals surface area contributed by atoms with Gasteiger partial charge in [0.25, 0.3) is 0 Å². The number of ether oxygens (including phenoxy) is 3. The van der Waals surface area contributed by atoms with E-state index in [2.05, 4.69) is 17.3 Å². The van der Waals surface area contributed by atoms with Crippen molar-refractivity contribution < 1.29 is 44.7 Å². The van der Waals surface area contributed by atoms with Crippen molar-refractivity contribution in [2.24, 2.45) is 0 Å². The van der Waals surface area contributed by atoms with E-state index in [-0.39, 0.29) is 28.9 Å². The van der Waals surface area contributed by atoms with Crippen LogP contribution in [-0.4, -0.2) is 38.9 Å². The zero-order chi connectivity index (χ0) is 19.3. The third-order valence-corrected chi connectivity index (χ3v) is 4.64. The summed E-state index contributed by atoms with van der Waals surface area (Å²) in [6.07, 6.45) is 3.77. The van der Waals surface area contributed by atoms with Crippen LogP contribution in [0.5, 0.6) is 0 Å². The number of nitrogens with zero attached hydrogens (tertiary/aromatic N) is 3. The Morgan fingerprint density at radius 3 is 2.30 bits per heavy atom. The van der Waals surface area contributed by atoms with Crippen LogP contribution in [0, 0.1) is 0 Å². The third kappa shape index (κ3) is 9.21. The van der Waals surface area contributed by atoms with Crippen molar-refractivity contribution in [3.63, 3.8) is 0 Å². The Hall–Kier alpha value is -0.227. The van der Waals surface area contributed by atoms with Gasteiger partial charge in [0.1, 0.15) is 6.61 Å². The van der Waals surface area contributed by atoms with Crippen molar-refractivity contribution in [3.05, 3.63) is 35.9 Å². The van der Waals surface area contributed by atoms with Crippen LogP contribution in [0.1, 0.15) is 39.5 Å². The van der Waals surface area contributed by atoms with Gasteiger partial charge in [-0.2, -0.15) is 4.00 Å². The molecular weight excluding hydrogens is 443 g/mol. The number of hydrogen-bond acceptors (Lipinski definition) is 3. The first-order chi connectivity index (χ1) is 12.6. The van der Waals surface area contributed by atoms with E-state index in [0.717, 1.165) is 31.4 Å². The van der Waals surface area contributed by atoms with Gasteiger partial charge in [-0.3, -0.25) is 0 Å². The molecule has 1 fully saturated rings. The van der Waals surface area contributed by atoms with E-state index in [4.69, 9.17) is 31.5 Å². The summed E-state index contributed by atoms with van der Waals surface area (Å²) in [6.45, 7) is 6.69. The molecule has 150 valence electrons. The molecule has 1 saturated heterocycles. The molecule has 0 radical (unpaired) electrons. The second kappa shape index (κ2) is 15.7. The molecule has 0 aliphatic carbocycles. The van der Waals surface area contributed by atoms with Crippen LogP contribution in [-0.2, 0) is 32.3 Å². The molecule has 0 bridgehead atoms. The fraction of sp³-hybridized carbons (Fsp3) is 0.667. The molecule has 0 aromatic heterocycles. The van der Waals surface area contributed by atoms with E-state index < -0.39 is 0 Å². The van der Waals surface area contributed by atoms with E-state index in [1.165, 1.54) is 0 Å². The molecule has 1 aliphatic heterocycles. The average molecular weight is 472 g/mol. The average Bonchev–Trinajstić information content (AvgIpc) is 2.65. The first-order valence-corrected chi connectivity index (χ1v) is 10.9. The monoisotopic (exact) mass is 469 g/mol. The molecule has 1 aromatic carbocycles. The van der Waals surface area contributed by atoms with Crippen LogP contribution in [0.15, 0.2) is 30.3 Å². The summed E-state index contributed by atoms with van der Waals surface area (Å²) in [7, 11) is 0. The molecule has 0 amide bonds. The van der Waals surface area contributed by atoms with E-state index in [0.29, 0.717) is 44.5 Å². The molecule has 3 unspecified atom stereocenters. The summed E-state index contributed by atoms with van der Waals surface area (Å²) in [6, 6.07) is 10.1. The van der Waals surface area contributed by atoms with Gasteiger partial charge in [-0.25, -0.2) is 0 Å². The Kier molecular flexibility index (Phi) is 15.5. The Labute approximate surface area is 183 Å². The van der Waals surface area contributed by atoms with Gasteiger partial charge in [-0.1, -0.05) is 44.9 Å². The molecule has 0 saturated carbocycles. The fourth-order valence-electron chi connectivity index (χ4n) is 2.63. The van der Waals surface area contributed by atoms with Crippen molar-refractivity contribution in [1.82, 2.24) is 7.48 Å². The topological polar surface area (TPSA) is 64.1 Å². The van der Waals surface area contributed by atoms with E-state index in [1.54, 1.807) is 0 Å². The van der Waals surface area contributed by atoms with Gasteiger partial charge in [0.05, 0.1) is 6.61 Å².